The number of phenols is 1. The van der Waals surface area contributed by atoms with Crippen LogP contribution in [0.4, 0.5) is 0 Å². The van der Waals surface area contributed by atoms with Crippen molar-refractivity contribution in [1.29, 1.82) is 0 Å². The van der Waals surface area contributed by atoms with Gasteiger partial charge in [0, 0.05) is 10.9 Å². The van der Waals surface area contributed by atoms with Gasteiger partial charge in [-0.05, 0) is 35.7 Å². The van der Waals surface area contributed by atoms with E-state index in [-0.39, 0.29) is 17.2 Å². The third-order valence-corrected chi connectivity index (χ3v) is 3.62. The van der Waals surface area contributed by atoms with Crippen molar-refractivity contribution in [1.82, 2.24) is 10.2 Å². The zero-order valence-electron chi connectivity index (χ0n) is 11.9. The molecule has 0 saturated heterocycles. The number of aromatic nitrogens is 2. The summed E-state index contributed by atoms with van der Waals surface area (Å²) in [5.74, 6) is 0.487. The van der Waals surface area contributed by atoms with E-state index >= 15 is 0 Å². The summed E-state index contributed by atoms with van der Waals surface area (Å²) >= 11 is 0. The first kappa shape index (κ1) is 13.4. The molecule has 2 N–H and O–H groups in total. The van der Waals surface area contributed by atoms with Gasteiger partial charge in [-0.1, -0.05) is 32.0 Å². The van der Waals surface area contributed by atoms with Gasteiger partial charge in [-0.2, -0.15) is 5.10 Å². The molecule has 106 valence electrons. The van der Waals surface area contributed by atoms with E-state index in [1.54, 1.807) is 12.1 Å². The lowest BCUT2D eigenvalue weighted by Crippen LogP contribution is -2.09. The normalized spacial score (nSPS) is 11.2. The van der Waals surface area contributed by atoms with Gasteiger partial charge in [0.05, 0.1) is 11.1 Å². The molecule has 0 unspecified atom stereocenters. The Morgan fingerprint density at radius 1 is 1.10 bits per heavy atom. The summed E-state index contributed by atoms with van der Waals surface area (Å²) in [6.45, 7) is 4.05. The second kappa shape index (κ2) is 5.05. The zero-order valence-corrected chi connectivity index (χ0v) is 11.9. The number of hydrogen-bond donors (Lipinski definition) is 2. The Balaban J connectivity index is 2.29. The van der Waals surface area contributed by atoms with E-state index in [4.69, 9.17) is 0 Å². The van der Waals surface area contributed by atoms with Crippen molar-refractivity contribution in [3.63, 3.8) is 0 Å². The fraction of sp³-hybridized carbons (Fsp3) is 0.176. The van der Waals surface area contributed by atoms with E-state index in [2.05, 4.69) is 10.2 Å². The van der Waals surface area contributed by atoms with Gasteiger partial charge in [0.2, 0.25) is 0 Å². The van der Waals surface area contributed by atoms with Gasteiger partial charge in [-0.15, -0.1) is 0 Å². The Morgan fingerprint density at radius 3 is 2.52 bits per heavy atom. The number of fused-ring (bicyclic) bond motifs is 1. The molecule has 0 aliphatic carbocycles. The van der Waals surface area contributed by atoms with Crippen molar-refractivity contribution in [2.75, 3.05) is 0 Å². The highest BCUT2D eigenvalue weighted by Gasteiger charge is 2.12. The molecule has 1 heterocycles. The quantitative estimate of drug-likeness (QED) is 0.756. The SMILES string of the molecule is CC(C)c1cc(-c2n[nH]c(=O)c3ccccc23)ccc1O. The molecule has 0 aliphatic rings. The zero-order chi connectivity index (χ0) is 15.0. The molecule has 3 aromatic rings. The molecule has 3 rings (SSSR count). The summed E-state index contributed by atoms with van der Waals surface area (Å²) in [4.78, 5) is 11.8. The van der Waals surface area contributed by atoms with Gasteiger partial charge >= 0.3 is 0 Å². The highest BCUT2D eigenvalue weighted by atomic mass is 16.3. The molecular weight excluding hydrogens is 264 g/mol. The van der Waals surface area contributed by atoms with Gasteiger partial charge in [-0.3, -0.25) is 4.79 Å². The van der Waals surface area contributed by atoms with E-state index in [0.29, 0.717) is 11.1 Å². The van der Waals surface area contributed by atoms with Crippen LogP contribution < -0.4 is 5.56 Å². The molecule has 0 radical (unpaired) electrons. The predicted octanol–water partition coefficient (Wildman–Crippen LogP) is 3.42. The molecule has 2 aromatic carbocycles. The van der Waals surface area contributed by atoms with Crippen LogP contribution in [-0.4, -0.2) is 15.3 Å². The molecule has 21 heavy (non-hydrogen) atoms. The van der Waals surface area contributed by atoms with Crippen molar-refractivity contribution in [2.24, 2.45) is 0 Å². The van der Waals surface area contributed by atoms with Crippen molar-refractivity contribution in [3.05, 3.63) is 58.4 Å². The standard InChI is InChI=1S/C17H16N2O2/c1-10(2)14-9-11(7-8-15(14)20)16-12-5-3-4-6-13(12)17(21)19-18-16/h3-10,20H,1-2H3,(H,19,21). The van der Waals surface area contributed by atoms with Crippen LogP contribution in [0.5, 0.6) is 5.75 Å². The van der Waals surface area contributed by atoms with Crippen LogP contribution in [0.25, 0.3) is 22.0 Å². The Morgan fingerprint density at radius 2 is 1.81 bits per heavy atom. The van der Waals surface area contributed by atoms with Crippen LogP contribution in [-0.2, 0) is 0 Å². The van der Waals surface area contributed by atoms with Crippen molar-refractivity contribution >= 4 is 10.8 Å². The van der Waals surface area contributed by atoms with Gasteiger partial charge in [0.1, 0.15) is 5.75 Å². The number of phenolic OH excluding ortho intramolecular Hbond substituents is 1. The highest BCUT2D eigenvalue weighted by Crippen LogP contribution is 2.31. The average molecular weight is 280 g/mol. The third-order valence-electron chi connectivity index (χ3n) is 3.62. The third kappa shape index (κ3) is 2.29. The summed E-state index contributed by atoms with van der Waals surface area (Å²) in [5, 5.41) is 18.1. The number of nitrogens with one attached hydrogen (secondary N) is 1. The largest absolute Gasteiger partial charge is 0.508 e. The first-order valence-electron chi connectivity index (χ1n) is 6.88. The van der Waals surface area contributed by atoms with Crippen LogP contribution in [0.1, 0.15) is 25.3 Å². The monoisotopic (exact) mass is 280 g/mol. The maximum absolute atomic E-state index is 11.8. The summed E-state index contributed by atoms with van der Waals surface area (Å²) < 4.78 is 0. The van der Waals surface area contributed by atoms with Crippen LogP contribution in [0.15, 0.2) is 47.3 Å². The molecule has 4 heteroatoms. The number of benzene rings is 2. The Kier molecular flexibility index (Phi) is 3.22. The minimum absolute atomic E-state index is 0.197. The van der Waals surface area contributed by atoms with E-state index in [0.717, 1.165) is 16.5 Å². The number of nitrogens with zero attached hydrogens (tertiary/aromatic N) is 1. The van der Waals surface area contributed by atoms with Gasteiger partial charge in [-0.25, -0.2) is 5.10 Å². The second-order valence-corrected chi connectivity index (χ2v) is 5.38. The summed E-state index contributed by atoms with van der Waals surface area (Å²) in [6.07, 6.45) is 0. The number of aromatic amines is 1. The number of aromatic hydroxyl groups is 1. The maximum atomic E-state index is 11.8. The lowest BCUT2D eigenvalue weighted by Gasteiger charge is -2.11. The predicted molar refractivity (Wildman–Crippen MR) is 83.6 cm³/mol. The number of H-pyrrole nitrogens is 1. The summed E-state index contributed by atoms with van der Waals surface area (Å²) in [6, 6.07) is 12.8. The minimum Gasteiger partial charge on any atom is -0.508 e. The lowest BCUT2D eigenvalue weighted by molar-refractivity contribution is 0.465. The number of hydrogen-bond acceptors (Lipinski definition) is 3. The van der Waals surface area contributed by atoms with Gasteiger partial charge in [0.25, 0.3) is 5.56 Å². The Hall–Kier alpha value is -2.62. The van der Waals surface area contributed by atoms with Crippen LogP contribution in [0, 0.1) is 0 Å². The fourth-order valence-corrected chi connectivity index (χ4v) is 2.50. The summed E-state index contributed by atoms with van der Waals surface area (Å²) in [7, 11) is 0. The van der Waals surface area contributed by atoms with E-state index in [1.807, 2.05) is 44.2 Å². The fourth-order valence-electron chi connectivity index (χ4n) is 2.50. The topological polar surface area (TPSA) is 66.0 Å². The molecular formula is C17H16N2O2. The second-order valence-electron chi connectivity index (χ2n) is 5.38. The Labute approximate surface area is 122 Å². The highest BCUT2D eigenvalue weighted by molar-refractivity contribution is 5.93. The van der Waals surface area contributed by atoms with E-state index < -0.39 is 0 Å². The summed E-state index contributed by atoms with van der Waals surface area (Å²) in [5.41, 5.74) is 2.26. The first-order chi connectivity index (χ1) is 10.1. The van der Waals surface area contributed by atoms with Crippen LogP contribution in [0.3, 0.4) is 0 Å². The first-order valence-corrected chi connectivity index (χ1v) is 6.88. The lowest BCUT2D eigenvalue weighted by atomic mass is 9.97. The van der Waals surface area contributed by atoms with E-state index in [9.17, 15) is 9.90 Å². The molecule has 0 atom stereocenters. The molecule has 4 nitrogen and oxygen atoms in total. The maximum Gasteiger partial charge on any atom is 0.272 e. The minimum atomic E-state index is -0.197. The molecule has 0 fully saturated rings. The van der Waals surface area contributed by atoms with Crippen molar-refractivity contribution in [2.45, 2.75) is 19.8 Å². The van der Waals surface area contributed by atoms with Crippen LogP contribution >= 0.6 is 0 Å². The Bertz CT molecular complexity index is 866. The molecule has 0 aliphatic heterocycles. The van der Waals surface area contributed by atoms with Crippen LogP contribution in [0.2, 0.25) is 0 Å². The van der Waals surface area contributed by atoms with Crippen molar-refractivity contribution < 1.29 is 5.11 Å². The molecule has 0 amide bonds. The van der Waals surface area contributed by atoms with E-state index in [1.165, 1.54) is 0 Å². The van der Waals surface area contributed by atoms with Gasteiger partial charge < -0.3 is 5.11 Å². The molecule has 0 spiro atoms. The number of rotatable bonds is 2. The van der Waals surface area contributed by atoms with Gasteiger partial charge in [0.15, 0.2) is 0 Å². The molecule has 1 aromatic heterocycles. The average Bonchev–Trinajstić information content (AvgIpc) is 2.48. The molecule has 0 bridgehead atoms. The van der Waals surface area contributed by atoms with Crippen molar-refractivity contribution in [3.8, 4) is 17.0 Å². The molecule has 0 saturated carbocycles. The smallest absolute Gasteiger partial charge is 0.272 e.